The first-order chi connectivity index (χ1) is 11.3. The number of benzene rings is 1. The van der Waals surface area contributed by atoms with Gasteiger partial charge in [-0.25, -0.2) is 4.79 Å². The van der Waals surface area contributed by atoms with Gasteiger partial charge in [0.2, 0.25) is 0 Å². The van der Waals surface area contributed by atoms with Crippen molar-refractivity contribution < 1.29 is 19.1 Å². The Kier molecular flexibility index (Phi) is 7.24. The van der Waals surface area contributed by atoms with Crippen molar-refractivity contribution >= 4 is 17.7 Å². The number of hydrogen-bond acceptors (Lipinski definition) is 4. The lowest BCUT2D eigenvalue weighted by Gasteiger charge is -2.27. The topological polar surface area (TPSA) is 55.8 Å². The molecular formula is C19H25NO4. The van der Waals surface area contributed by atoms with Crippen LogP contribution in [-0.4, -0.2) is 24.2 Å². The van der Waals surface area contributed by atoms with Crippen LogP contribution in [0, 0.1) is 0 Å². The van der Waals surface area contributed by atoms with Crippen LogP contribution in [-0.2, 0) is 9.53 Å². The zero-order chi connectivity index (χ0) is 18.2. The third-order valence-corrected chi connectivity index (χ3v) is 2.86. The molecule has 0 radical (unpaired) electrons. The monoisotopic (exact) mass is 331 g/mol. The number of allylic oxidation sites excluding steroid dienone is 1. The van der Waals surface area contributed by atoms with E-state index in [2.05, 4.69) is 13.2 Å². The highest BCUT2D eigenvalue weighted by Gasteiger charge is 2.25. The fourth-order valence-corrected chi connectivity index (χ4v) is 1.88. The maximum atomic E-state index is 12.5. The Morgan fingerprint density at radius 3 is 2.42 bits per heavy atom. The van der Waals surface area contributed by atoms with E-state index in [0.29, 0.717) is 17.9 Å². The van der Waals surface area contributed by atoms with Gasteiger partial charge >= 0.3 is 12.1 Å². The smallest absolute Gasteiger partial charge is 0.415 e. The molecule has 0 spiro atoms. The number of anilines is 1. The Hall–Kier alpha value is -2.56. The normalized spacial score (nSPS) is 10.6. The van der Waals surface area contributed by atoms with Gasteiger partial charge in [0, 0.05) is 13.0 Å². The molecule has 5 heteroatoms. The first kappa shape index (κ1) is 19.5. The summed E-state index contributed by atoms with van der Waals surface area (Å²) in [6.07, 6.45) is 3.46. The number of hydrogen-bond donors (Lipinski definition) is 0. The van der Waals surface area contributed by atoms with E-state index < -0.39 is 11.7 Å². The number of ether oxygens (including phenoxy) is 2. The first-order valence-electron chi connectivity index (χ1n) is 7.80. The second-order valence-electron chi connectivity index (χ2n) is 6.15. The van der Waals surface area contributed by atoms with Crippen LogP contribution in [0.2, 0.25) is 0 Å². The molecule has 0 heterocycles. The number of esters is 1. The standard InChI is InChI=1S/C19H25NO4/c1-6-8-13-17(21)23-16-12-10-9-11-15(16)20(14-7-2)18(22)24-19(3,4)5/h6-7,9-12H,1-2,8,13-14H2,3-5H3. The molecule has 5 nitrogen and oxygen atoms in total. The molecular weight excluding hydrogens is 306 g/mol. The summed E-state index contributed by atoms with van der Waals surface area (Å²) in [4.78, 5) is 25.7. The molecule has 130 valence electrons. The van der Waals surface area contributed by atoms with Gasteiger partial charge in [-0.05, 0) is 39.3 Å². The lowest BCUT2D eigenvalue weighted by Crippen LogP contribution is -2.37. The number of carbonyl (C=O) groups excluding carboxylic acids is 2. The van der Waals surface area contributed by atoms with E-state index in [1.807, 2.05) is 0 Å². The largest absolute Gasteiger partial charge is 0.443 e. The predicted molar refractivity (Wildman–Crippen MR) is 95.3 cm³/mol. The minimum Gasteiger partial charge on any atom is -0.443 e. The molecule has 0 bridgehead atoms. The van der Waals surface area contributed by atoms with Crippen LogP contribution >= 0.6 is 0 Å². The summed E-state index contributed by atoms with van der Waals surface area (Å²) >= 11 is 0. The summed E-state index contributed by atoms with van der Waals surface area (Å²) in [5.74, 6) is -0.0793. The molecule has 0 saturated carbocycles. The van der Waals surface area contributed by atoms with Gasteiger partial charge in [-0.2, -0.15) is 0 Å². The van der Waals surface area contributed by atoms with Crippen molar-refractivity contribution in [1.82, 2.24) is 0 Å². The van der Waals surface area contributed by atoms with Crippen LogP contribution in [0.1, 0.15) is 33.6 Å². The Morgan fingerprint density at radius 1 is 1.17 bits per heavy atom. The van der Waals surface area contributed by atoms with Crippen molar-refractivity contribution in [1.29, 1.82) is 0 Å². The lowest BCUT2D eigenvalue weighted by atomic mass is 10.2. The maximum absolute atomic E-state index is 12.5. The van der Waals surface area contributed by atoms with Crippen LogP contribution in [0.5, 0.6) is 5.75 Å². The quantitative estimate of drug-likeness (QED) is 0.420. The maximum Gasteiger partial charge on any atom is 0.415 e. The summed E-state index contributed by atoms with van der Waals surface area (Å²) in [7, 11) is 0. The van der Waals surface area contributed by atoms with Crippen molar-refractivity contribution in [3.63, 3.8) is 0 Å². The number of amides is 1. The fourth-order valence-electron chi connectivity index (χ4n) is 1.88. The van der Waals surface area contributed by atoms with E-state index in [0.717, 1.165) is 0 Å². The van der Waals surface area contributed by atoms with Crippen LogP contribution in [0.3, 0.4) is 0 Å². The van der Waals surface area contributed by atoms with E-state index in [1.54, 1.807) is 57.2 Å². The summed E-state index contributed by atoms with van der Waals surface area (Å²) in [6, 6.07) is 6.84. The Balaban J connectivity index is 3.06. The molecule has 1 amide bonds. The SMILES string of the molecule is C=CCCC(=O)Oc1ccccc1N(CC=C)C(=O)OC(C)(C)C. The fraction of sp³-hybridized carbons (Fsp3) is 0.368. The number of carbonyl (C=O) groups is 2. The van der Waals surface area contributed by atoms with E-state index in [1.165, 1.54) is 4.90 Å². The molecule has 0 saturated heterocycles. The average molecular weight is 331 g/mol. The number of para-hydroxylation sites is 2. The van der Waals surface area contributed by atoms with Crippen LogP contribution in [0.25, 0.3) is 0 Å². The highest BCUT2D eigenvalue weighted by molar-refractivity contribution is 5.91. The van der Waals surface area contributed by atoms with Gasteiger partial charge in [0.25, 0.3) is 0 Å². The van der Waals surface area contributed by atoms with Crippen molar-refractivity contribution in [3.05, 3.63) is 49.6 Å². The molecule has 0 aliphatic rings. The second-order valence-corrected chi connectivity index (χ2v) is 6.15. The van der Waals surface area contributed by atoms with E-state index in [9.17, 15) is 9.59 Å². The molecule has 0 fully saturated rings. The summed E-state index contributed by atoms with van der Waals surface area (Å²) in [6.45, 7) is 12.8. The summed E-state index contributed by atoms with van der Waals surface area (Å²) in [5.41, 5.74) is -0.176. The second kappa shape index (κ2) is 8.91. The predicted octanol–water partition coefficient (Wildman–Crippen LogP) is 4.49. The Labute approximate surface area is 143 Å². The molecule has 0 aliphatic carbocycles. The van der Waals surface area contributed by atoms with Gasteiger partial charge in [-0.3, -0.25) is 9.69 Å². The minimum absolute atomic E-state index is 0.228. The van der Waals surface area contributed by atoms with Crippen LogP contribution in [0.15, 0.2) is 49.6 Å². The zero-order valence-corrected chi connectivity index (χ0v) is 14.6. The summed E-state index contributed by atoms with van der Waals surface area (Å²) < 4.78 is 10.8. The molecule has 0 aromatic heterocycles. The Bertz CT molecular complexity index is 602. The van der Waals surface area contributed by atoms with Gasteiger partial charge in [0.1, 0.15) is 5.60 Å². The van der Waals surface area contributed by atoms with E-state index in [-0.39, 0.29) is 18.9 Å². The number of rotatable bonds is 7. The average Bonchev–Trinajstić information content (AvgIpc) is 2.49. The van der Waals surface area contributed by atoms with Gasteiger partial charge in [0.05, 0.1) is 5.69 Å². The highest BCUT2D eigenvalue weighted by atomic mass is 16.6. The van der Waals surface area contributed by atoms with Crippen LogP contribution < -0.4 is 9.64 Å². The molecule has 0 aliphatic heterocycles. The van der Waals surface area contributed by atoms with Gasteiger partial charge in [-0.15, -0.1) is 13.2 Å². The van der Waals surface area contributed by atoms with E-state index in [4.69, 9.17) is 9.47 Å². The molecule has 1 aromatic rings. The van der Waals surface area contributed by atoms with Gasteiger partial charge < -0.3 is 9.47 Å². The van der Waals surface area contributed by atoms with Gasteiger partial charge in [-0.1, -0.05) is 24.3 Å². The molecule has 1 rings (SSSR count). The Morgan fingerprint density at radius 2 is 1.83 bits per heavy atom. The van der Waals surface area contributed by atoms with Crippen molar-refractivity contribution in [2.45, 2.75) is 39.2 Å². The van der Waals surface area contributed by atoms with E-state index >= 15 is 0 Å². The molecule has 24 heavy (non-hydrogen) atoms. The molecule has 0 unspecified atom stereocenters. The molecule has 0 N–H and O–H groups in total. The highest BCUT2D eigenvalue weighted by Crippen LogP contribution is 2.29. The first-order valence-corrected chi connectivity index (χ1v) is 7.80. The summed E-state index contributed by atoms with van der Waals surface area (Å²) in [5, 5.41) is 0. The van der Waals surface area contributed by atoms with Crippen LogP contribution in [0.4, 0.5) is 10.5 Å². The minimum atomic E-state index is -0.633. The third-order valence-electron chi connectivity index (χ3n) is 2.86. The number of nitrogens with zero attached hydrogens (tertiary/aromatic N) is 1. The van der Waals surface area contributed by atoms with Crippen molar-refractivity contribution in [2.24, 2.45) is 0 Å². The van der Waals surface area contributed by atoms with Gasteiger partial charge in [0.15, 0.2) is 5.75 Å². The third kappa shape index (κ3) is 6.28. The molecule has 0 atom stereocenters. The molecule has 1 aromatic carbocycles. The lowest BCUT2D eigenvalue weighted by molar-refractivity contribution is -0.134. The van der Waals surface area contributed by atoms with Crippen molar-refractivity contribution in [3.8, 4) is 5.75 Å². The zero-order valence-electron chi connectivity index (χ0n) is 14.6. The van der Waals surface area contributed by atoms with Crippen molar-refractivity contribution in [2.75, 3.05) is 11.4 Å².